The van der Waals surface area contributed by atoms with Crippen molar-refractivity contribution in [3.8, 4) is 11.5 Å². The number of benzene rings is 3. The predicted molar refractivity (Wildman–Crippen MR) is 172 cm³/mol. The number of carbonyl (C=O) groups excluding carboxylic acids is 2. The van der Waals surface area contributed by atoms with E-state index in [9.17, 15) is 29.8 Å². The van der Waals surface area contributed by atoms with Crippen molar-refractivity contribution in [1.82, 2.24) is 15.6 Å². The molecule has 0 aliphatic carbocycles. The summed E-state index contributed by atoms with van der Waals surface area (Å²) in [6.07, 6.45) is 1.03. The van der Waals surface area contributed by atoms with E-state index in [1.54, 1.807) is 38.2 Å². The minimum Gasteiger partial charge on any atom is -0.497 e. The van der Waals surface area contributed by atoms with Crippen LogP contribution in [0.15, 0.2) is 65.3 Å². The Morgan fingerprint density at radius 3 is 2.28 bits per heavy atom. The number of nitro benzene ring substituents is 2. The highest BCUT2D eigenvalue weighted by Crippen LogP contribution is 2.34. The highest BCUT2D eigenvalue weighted by molar-refractivity contribution is 9.10. The first kappa shape index (κ1) is 33.7. The Kier molecular flexibility index (Phi) is 10.5. The molecular weight excluding hydrogens is 666 g/mol. The molecule has 15 heteroatoms. The Morgan fingerprint density at radius 1 is 0.978 bits per heavy atom. The Hall–Kier alpha value is -5.18. The van der Waals surface area contributed by atoms with Gasteiger partial charge in [-0.05, 0) is 65.5 Å². The second-order valence-electron chi connectivity index (χ2n) is 10.8. The monoisotopic (exact) mass is 697 g/mol. The van der Waals surface area contributed by atoms with Crippen LogP contribution in [-0.4, -0.2) is 53.6 Å². The van der Waals surface area contributed by atoms with E-state index in [4.69, 9.17) is 14.2 Å². The van der Waals surface area contributed by atoms with Gasteiger partial charge >= 0.3 is 6.09 Å². The van der Waals surface area contributed by atoms with Gasteiger partial charge in [0.25, 0.3) is 11.4 Å². The lowest BCUT2D eigenvalue weighted by Crippen LogP contribution is -2.49. The topological polar surface area (TPSA) is 188 Å². The van der Waals surface area contributed by atoms with E-state index in [2.05, 4.69) is 31.5 Å². The number of halogens is 1. The summed E-state index contributed by atoms with van der Waals surface area (Å²) < 4.78 is 16.5. The number of amides is 2. The van der Waals surface area contributed by atoms with E-state index in [1.807, 2.05) is 24.3 Å². The van der Waals surface area contributed by atoms with Gasteiger partial charge in [-0.15, -0.1) is 0 Å². The molecule has 1 heterocycles. The number of non-ortho nitro benzene ring substituents is 1. The first-order valence-corrected chi connectivity index (χ1v) is 14.8. The van der Waals surface area contributed by atoms with Crippen molar-refractivity contribution in [3.05, 3.63) is 102 Å². The first-order chi connectivity index (χ1) is 21.8. The molecule has 1 atom stereocenters. The molecule has 242 valence electrons. The molecule has 0 aliphatic rings. The van der Waals surface area contributed by atoms with Crippen molar-refractivity contribution in [1.29, 1.82) is 0 Å². The SMILES string of the molecule is COc1cc(OC)cc(C(C)(C)OC(=O)N[C@@H](Cc2c[nH]c3ccccc23)C(=O)NCCc2cc([N+](=O)[O-])cc([N+](=O)[O-])c2Br)c1. The molecule has 3 N–H and O–H groups in total. The first-order valence-electron chi connectivity index (χ1n) is 14.0. The molecule has 3 aromatic carbocycles. The van der Waals surface area contributed by atoms with Crippen LogP contribution in [0.5, 0.6) is 11.5 Å². The largest absolute Gasteiger partial charge is 0.497 e. The molecule has 14 nitrogen and oxygen atoms in total. The van der Waals surface area contributed by atoms with E-state index in [1.165, 1.54) is 20.3 Å². The van der Waals surface area contributed by atoms with E-state index < -0.39 is 44.9 Å². The summed E-state index contributed by atoms with van der Waals surface area (Å²) in [6, 6.07) is 13.6. The number of fused-ring (bicyclic) bond motifs is 1. The van der Waals surface area contributed by atoms with Crippen LogP contribution in [0.3, 0.4) is 0 Å². The lowest BCUT2D eigenvalue weighted by Gasteiger charge is -2.28. The lowest BCUT2D eigenvalue weighted by molar-refractivity contribution is -0.394. The number of para-hydroxylation sites is 1. The van der Waals surface area contributed by atoms with E-state index in [0.29, 0.717) is 17.1 Å². The maximum Gasteiger partial charge on any atom is 0.408 e. The lowest BCUT2D eigenvalue weighted by atomic mass is 9.97. The van der Waals surface area contributed by atoms with Gasteiger partial charge in [-0.1, -0.05) is 18.2 Å². The molecule has 0 fully saturated rings. The molecular formula is C31H32BrN5O9. The quantitative estimate of drug-likeness (QED) is 0.116. The fourth-order valence-electron chi connectivity index (χ4n) is 4.86. The van der Waals surface area contributed by atoms with Gasteiger partial charge in [0.05, 0.1) is 34.6 Å². The maximum absolute atomic E-state index is 13.5. The molecule has 1 aromatic heterocycles. The molecule has 0 bridgehead atoms. The number of hydrogen-bond donors (Lipinski definition) is 3. The number of nitrogens with one attached hydrogen (secondary N) is 3. The zero-order valence-electron chi connectivity index (χ0n) is 25.4. The molecule has 4 rings (SSSR count). The highest BCUT2D eigenvalue weighted by atomic mass is 79.9. The molecule has 0 spiro atoms. The number of aromatic nitrogens is 1. The number of methoxy groups -OCH3 is 2. The molecule has 0 radical (unpaired) electrons. The normalized spacial score (nSPS) is 11.8. The number of carbonyl (C=O) groups is 2. The van der Waals surface area contributed by atoms with Crippen molar-refractivity contribution >= 4 is 50.2 Å². The van der Waals surface area contributed by atoms with Crippen molar-refractivity contribution in [2.24, 2.45) is 0 Å². The average molecular weight is 699 g/mol. The Labute approximate surface area is 271 Å². The smallest absolute Gasteiger partial charge is 0.408 e. The van der Waals surface area contributed by atoms with Crippen LogP contribution in [0.2, 0.25) is 0 Å². The summed E-state index contributed by atoms with van der Waals surface area (Å²) in [5, 5.41) is 29.1. The van der Waals surface area contributed by atoms with Crippen molar-refractivity contribution < 1.29 is 33.6 Å². The Bertz CT molecular complexity index is 1770. The van der Waals surface area contributed by atoms with Crippen LogP contribution >= 0.6 is 15.9 Å². The van der Waals surface area contributed by atoms with Crippen LogP contribution < -0.4 is 20.1 Å². The third kappa shape index (κ3) is 7.90. The summed E-state index contributed by atoms with van der Waals surface area (Å²) in [5.41, 5.74) is 0.402. The molecule has 2 amide bonds. The predicted octanol–water partition coefficient (Wildman–Crippen LogP) is 5.70. The minimum absolute atomic E-state index is 0.0315. The second-order valence-corrected chi connectivity index (χ2v) is 11.5. The van der Waals surface area contributed by atoms with Gasteiger partial charge < -0.3 is 29.8 Å². The molecule has 0 aliphatic heterocycles. The number of nitrogens with zero attached hydrogens (tertiary/aromatic N) is 2. The zero-order valence-corrected chi connectivity index (χ0v) is 27.0. The van der Waals surface area contributed by atoms with Crippen molar-refractivity contribution in [2.75, 3.05) is 20.8 Å². The van der Waals surface area contributed by atoms with Gasteiger partial charge in [0.1, 0.15) is 23.1 Å². The highest BCUT2D eigenvalue weighted by Gasteiger charge is 2.30. The van der Waals surface area contributed by atoms with Gasteiger partial charge in [-0.2, -0.15) is 0 Å². The number of ether oxygens (including phenoxy) is 3. The summed E-state index contributed by atoms with van der Waals surface area (Å²) in [6.45, 7) is 3.34. The molecule has 0 saturated carbocycles. The third-order valence-electron chi connectivity index (χ3n) is 7.32. The Balaban J connectivity index is 1.54. The maximum atomic E-state index is 13.5. The molecule has 4 aromatic rings. The number of nitro groups is 2. The van der Waals surface area contributed by atoms with Gasteiger partial charge in [-0.25, -0.2) is 4.79 Å². The van der Waals surface area contributed by atoms with E-state index in [-0.39, 0.29) is 29.4 Å². The summed E-state index contributed by atoms with van der Waals surface area (Å²) in [7, 11) is 3.01. The second kappa shape index (κ2) is 14.3. The number of rotatable bonds is 13. The molecule has 0 unspecified atom stereocenters. The van der Waals surface area contributed by atoms with Gasteiger partial charge in [0.2, 0.25) is 5.91 Å². The Morgan fingerprint density at radius 2 is 1.65 bits per heavy atom. The van der Waals surface area contributed by atoms with Gasteiger partial charge in [0, 0.05) is 47.8 Å². The number of alkyl carbamates (subject to hydrolysis) is 1. The average Bonchev–Trinajstić information content (AvgIpc) is 3.43. The van der Waals surface area contributed by atoms with Crippen LogP contribution in [-0.2, 0) is 28.0 Å². The molecule has 0 saturated heterocycles. The third-order valence-corrected chi connectivity index (χ3v) is 8.23. The van der Waals surface area contributed by atoms with Crippen LogP contribution in [0, 0.1) is 20.2 Å². The van der Waals surface area contributed by atoms with Gasteiger partial charge in [-0.3, -0.25) is 25.0 Å². The fraction of sp³-hybridized carbons (Fsp3) is 0.290. The minimum atomic E-state index is -1.16. The standard InChI is InChI=1S/C31H32BrN5O9/c1-31(2,20-13-22(44-3)16-23(14-20)45-4)46-30(39)35-26(12-19-17-34-25-8-6-5-7-24(19)25)29(38)33-10-9-18-11-21(36(40)41)15-27(28(18)32)37(42)43/h5-8,11,13-17,26,34H,9-10,12H2,1-4H3,(H,33,38)(H,35,39)/t26-/m0/s1. The van der Waals surface area contributed by atoms with Crippen molar-refractivity contribution in [2.45, 2.75) is 38.3 Å². The van der Waals surface area contributed by atoms with Gasteiger partial charge in [0.15, 0.2) is 0 Å². The van der Waals surface area contributed by atoms with E-state index in [0.717, 1.165) is 22.5 Å². The zero-order chi connectivity index (χ0) is 33.6. The van der Waals surface area contributed by atoms with Crippen LogP contribution in [0.25, 0.3) is 10.9 Å². The fourth-order valence-corrected chi connectivity index (χ4v) is 5.43. The number of hydrogen-bond acceptors (Lipinski definition) is 9. The summed E-state index contributed by atoms with van der Waals surface area (Å²) in [5.74, 6) is 0.451. The van der Waals surface area contributed by atoms with Crippen LogP contribution in [0.4, 0.5) is 16.2 Å². The van der Waals surface area contributed by atoms with Crippen molar-refractivity contribution in [3.63, 3.8) is 0 Å². The molecule has 46 heavy (non-hydrogen) atoms. The van der Waals surface area contributed by atoms with Crippen LogP contribution in [0.1, 0.15) is 30.5 Å². The number of H-pyrrole nitrogens is 1. The van der Waals surface area contributed by atoms with E-state index >= 15 is 0 Å². The summed E-state index contributed by atoms with van der Waals surface area (Å²) >= 11 is 3.15. The number of aromatic amines is 1. The summed E-state index contributed by atoms with van der Waals surface area (Å²) in [4.78, 5) is 51.3.